The monoisotopic (exact) mass is 499 g/mol. The molecule has 1 fully saturated rings. The number of ketones is 1. The number of carbonyl (C=O) groups is 2. The van der Waals surface area contributed by atoms with E-state index >= 15 is 0 Å². The standard InChI is InChI=1S/C26H33N3O5S/c27-19-35(32,33)17-12-22(9-6-20-4-2-1-3-5-20)25(30)24(28)18-21-7-10-23(11-8-21)26(31)29-13-15-34-16-14-29/h1-5,7-8,10-12,17,22,24H,6,9,13-16,18-19,27-28H2/b17-12+/t22-,24-/m0/s1. The predicted octanol–water partition coefficient (Wildman–Crippen LogP) is 1.69. The molecule has 0 spiro atoms. The Balaban J connectivity index is 1.66. The summed E-state index contributed by atoms with van der Waals surface area (Å²) in [6.07, 6.45) is 2.72. The van der Waals surface area contributed by atoms with Gasteiger partial charge in [-0.25, -0.2) is 8.42 Å². The number of hydrogen-bond acceptors (Lipinski definition) is 7. The van der Waals surface area contributed by atoms with E-state index in [4.69, 9.17) is 16.2 Å². The number of hydrogen-bond donors (Lipinski definition) is 2. The summed E-state index contributed by atoms with van der Waals surface area (Å²) >= 11 is 0. The molecule has 1 saturated heterocycles. The van der Waals surface area contributed by atoms with E-state index in [2.05, 4.69) is 0 Å². The third-order valence-electron chi connectivity index (χ3n) is 6.02. The van der Waals surface area contributed by atoms with Crippen molar-refractivity contribution in [1.82, 2.24) is 4.90 Å². The van der Waals surface area contributed by atoms with E-state index in [0.717, 1.165) is 16.5 Å². The van der Waals surface area contributed by atoms with E-state index in [1.165, 1.54) is 6.08 Å². The molecule has 9 heteroatoms. The van der Waals surface area contributed by atoms with Gasteiger partial charge in [-0.3, -0.25) is 9.59 Å². The first-order chi connectivity index (χ1) is 16.8. The topological polar surface area (TPSA) is 133 Å². The highest BCUT2D eigenvalue weighted by Crippen LogP contribution is 2.17. The average molecular weight is 500 g/mol. The summed E-state index contributed by atoms with van der Waals surface area (Å²) in [6.45, 7) is 2.20. The van der Waals surface area contributed by atoms with Gasteiger partial charge in [0.2, 0.25) is 0 Å². The smallest absolute Gasteiger partial charge is 0.254 e. The van der Waals surface area contributed by atoms with Crippen LogP contribution in [0.3, 0.4) is 0 Å². The zero-order chi connectivity index (χ0) is 25.3. The number of benzene rings is 2. The molecule has 1 aliphatic rings. The normalized spacial score (nSPS) is 16.2. The Hall–Kier alpha value is -2.85. The van der Waals surface area contributed by atoms with Gasteiger partial charge in [-0.15, -0.1) is 0 Å². The van der Waals surface area contributed by atoms with Crippen molar-refractivity contribution in [3.8, 4) is 0 Å². The zero-order valence-corrected chi connectivity index (χ0v) is 20.5. The summed E-state index contributed by atoms with van der Waals surface area (Å²) in [7, 11) is -3.58. The number of rotatable bonds is 11. The number of aryl methyl sites for hydroxylation is 1. The van der Waals surface area contributed by atoms with E-state index in [-0.39, 0.29) is 18.1 Å². The summed E-state index contributed by atoms with van der Waals surface area (Å²) in [5, 5.41) is 1.01. The fourth-order valence-electron chi connectivity index (χ4n) is 3.93. The van der Waals surface area contributed by atoms with E-state index in [0.29, 0.717) is 44.7 Å². The van der Waals surface area contributed by atoms with Crippen LogP contribution in [0.1, 0.15) is 27.9 Å². The molecule has 0 unspecified atom stereocenters. The lowest BCUT2D eigenvalue weighted by atomic mass is 9.89. The molecular formula is C26H33N3O5S. The highest BCUT2D eigenvalue weighted by Gasteiger charge is 2.24. The number of Topliss-reactive ketones (excluding diaryl/α,β-unsaturated/α-hetero) is 1. The number of ether oxygens (including phenoxy) is 1. The molecule has 8 nitrogen and oxygen atoms in total. The molecule has 1 heterocycles. The molecule has 0 saturated carbocycles. The van der Waals surface area contributed by atoms with Crippen LogP contribution in [-0.4, -0.2) is 63.2 Å². The lowest BCUT2D eigenvalue weighted by Gasteiger charge is -2.27. The molecular weight excluding hydrogens is 466 g/mol. The van der Waals surface area contributed by atoms with Gasteiger partial charge in [-0.1, -0.05) is 48.5 Å². The van der Waals surface area contributed by atoms with E-state index < -0.39 is 27.7 Å². The Bertz CT molecular complexity index is 1110. The van der Waals surface area contributed by atoms with Crippen LogP contribution in [0.25, 0.3) is 0 Å². The van der Waals surface area contributed by atoms with Crippen LogP contribution < -0.4 is 11.5 Å². The minimum Gasteiger partial charge on any atom is -0.378 e. The Labute approximate surface area is 206 Å². The summed E-state index contributed by atoms with van der Waals surface area (Å²) in [6, 6.07) is 15.9. The van der Waals surface area contributed by atoms with Crippen LogP contribution in [0.2, 0.25) is 0 Å². The first-order valence-electron chi connectivity index (χ1n) is 11.7. The molecule has 0 bridgehead atoms. The van der Waals surface area contributed by atoms with Gasteiger partial charge in [0.1, 0.15) is 5.88 Å². The van der Waals surface area contributed by atoms with Gasteiger partial charge in [0.25, 0.3) is 5.91 Å². The second kappa shape index (κ2) is 12.7. The largest absolute Gasteiger partial charge is 0.378 e. The third-order valence-corrected chi connectivity index (χ3v) is 7.06. The first kappa shape index (κ1) is 26.7. The molecule has 2 aromatic carbocycles. The van der Waals surface area contributed by atoms with Crippen LogP contribution in [0.5, 0.6) is 0 Å². The van der Waals surface area contributed by atoms with E-state index in [1.54, 1.807) is 29.2 Å². The number of allylic oxidation sites excluding steroid dienone is 1. The highest BCUT2D eigenvalue weighted by atomic mass is 32.2. The van der Waals surface area contributed by atoms with Crippen LogP contribution in [0.4, 0.5) is 0 Å². The van der Waals surface area contributed by atoms with Gasteiger partial charge in [0, 0.05) is 30.0 Å². The predicted molar refractivity (Wildman–Crippen MR) is 135 cm³/mol. The molecule has 1 aliphatic heterocycles. The molecule has 1 amide bonds. The van der Waals surface area contributed by atoms with Crippen molar-refractivity contribution in [2.75, 3.05) is 32.2 Å². The molecule has 0 aliphatic carbocycles. The maximum atomic E-state index is 13.2. The maximum absolute atomic E-state index is 13.2. The summed E-state index contributed by atoms with van der Waals surface area (Å²) in [5.41, 5.74) is 14.0. The number of nitrogens with zero attached hydrogens (tertiary/aromatic N) is 1. The molecule has 0 aromatic heterocycles. The quantitative estimate of drug-likeness (QED) is 0.481. The van der Waals surface area contributed by atoms with E-state index in [1.807, 2.05) is 30.3 Å². The van der Waals surface area contributed by atoms with Crippen molar-refractivity contribution >= 4 is 21.5 Å². The molecule has 4 N–H and O–H groups in total. The Morgan fingerprint density at radius 3 is 2.29 bits per heavy atom. The number of carbonyl (C=O) groups excluding carboxylic acids is 2. The van der Waals surface area contributed by atoms with Crippen molar-refractivity contribution < 1.29 is 22.7 Å². The lowest BCUT2D eigenvalue weighted by molar-refractivity contribution is -0.122. The van der Waals surface area contributed by atoms with Crippen molar-refractivity contribution in [3.63, 3.8) is 0 Å². The summed E-state index contributed by atoms with van der Waals surface area (Å²) < 4.78 is 29.0. The zero-order valence-electron chi connectivity index (χ0n) is 19.7. The highest BCUT2D eigenvalue weighted by molar-refractivity contribution is 7.94. The number of morpholine rings is 1. The summed E-state index contributed by atoms with van der Waals surface area (Å²) in [5.74, 6) is -1.47. The fraction of sp³-hybridized carbons (Fsp3) is 0.385. The number of nitrogens with two attached hydrogens (primary N) is 2. The van der Waals surface area contributed by atoms with Crippen molar-refractivity contribution in [2.45, 2.75) is 25.3 Å². The van der Waals surface area contributed by atoms with Crippen molar-refractivity contribution in [2.24, 2.45) is 17.4 Å². The van der Waals surface area contributed by atoms with Crippen molar-refractivity contribution in [1.29, 1.82) is 0 Å². The Morgan fingerprint density at radius 2 is 1.66 bits per heavy atom. The van der Waals surface area contributed by atoms with Crippen LogP contribution in [0, 0.1) is 5.92 Å². The maximum Gasteiger partial charge on any atom is 0.254 e. The van der Waals surface area contributed by atoms with Crippen molar-refractivity contribution in [3.05, 3.63) is 82.8 Å². The average Bonchev–Trinajstić information content (AvgIpc) is 2.89. The molecule has 3 rings (SSSR count). The van der Waals surface area contributed by atoms with Crippen LogP contribution >= 0.6 is 0 Å². The Morgan fingerprint density at radius 1 is 1.00 bits per heavy atom. The molecule has 2 atom stereocenters. The minimum atomic E-state index is -3.58. The van der Waals surface area contributed by atoms with Gasteiger partial charge >= 0.3 is 0 Å². The van der Waals surface area contributed by atoms with Gasteiger partial charge in [0.15, 0.2) is 15.6 Å². The van der Waals surface area contributed by atoms with Crippen LogP contribution in [0.15, 0.2) is 66.1 Å². The second-order valence-corrected chi connectivity index (χ2v) is 10.5. The molecule has 2 aromatic rings. The van der Waals surface area contributed by atoms with Crippen LogP contribution in [-0.2, 0) is 32.2 Å². The third kappa shape index (κ3) is 8.10. The van der Waals surface area contributed by atoms with Gasteiger partial charge in [-0.05, 0) is 42.5 Å². The number of sulfone groups is 1. The molecule has 188 valence electrons. The minimum absolute atomic E-state index is 0.0487. The number of amides is 1. The van der Waals surface area contributed by atoms with E-state index in [9.17, 15) is 18.0 Å². The SMILES string of the molecule is NCS(=O)(=O)/C=C/[C@H](CCc1ccccc1)C(=O)[C@@H](N)Cc1ccc(C(=O)N2CCOCC2)cc1. The second-order valence-electron chi connectivity index (χ2n) is 8.60. The lowest BCUT2D eigenvalue weighted by Crippen LogP contribution is -2.40. The Kier molecular flexibility index (Phi) is 9.73. The first-order valence-corrected chi connectivity index (χ1v) is 13.4. The molecule has 0 radical (unpaired) electrons. The van der Waals surface area contributed by atoms with Gasteiger partial charge in [-0.2, -0.15) is 0 Å². The van der Waals surface area contributed by atoms with Gasteiger partial charge in [0.05, 0.1) is 19.3 Å². The van der Waals surface area contributed by atoms with Gasteiger partial charge < -0.3 is 21.1 Å². The molecule has 35 heavy (non-hydrogen) atoms. The summed E-state index contributed by atoms with van der Waals surface area (Å²) in [4.78, 5) is 27.6. The fourth-order valence-corrected chi connectivity index (χ4v) is 4.47.